The summed E-state index contributed by atoms with van der Waals surface area (Å²) in [5, 5.41) is 0. The number of nitrogens with two attached hydrogens (primary N) is 1. The molecule has 4 nitrogen and oxygen atoms in total. The predicted molar refractivity (Wildman–Crippen MR) is 52.9 cm³/mol. The van der Waals surface area contributed by atoms with E-state index in [1.165, 1.54) is 6.42 Å². The van der Waals surface area contributed by atoms with Crippen molar-refractivity contribution in [3.63, 3.8) is 0 Å². The van der Waals surface area contributed by atoms with E-state index in [9.17, 15) is 4.79 Å². The lowest BCUT2D eigenvalue weighted by Crippen LogP contribution is -2.34. The van der Waals surface area contributed by atoms with Gasteiger partial charge in [0.2, 0.25) is 0 Å². The molecule has 2 N–H and O–H groups in total. The first-order valence-corrected chi connectivity index (χ1v) is 5.31. The third-order valence-corrected chi connectivity index (χ3v) is 2.65. The van der Waals surface area contributed by atoms with Crippen molar-refractivity contribution in [2.24, 2.45) is 11.7 Å². The highest BCUT2D eigenvalue weighted by Gasteiger charge is 2.27. The fourth-order valence-corrected chi connectivity index (χ4v) is 1.87. The van der Waals surface area contributed by atoms with Crippen LogP contribution in [-0.4, -0.2) is 25.4 Å². The first-order chi connectivity index (χ1) is 6.77. The summed E-state index contributed by atoms with van der Waals surface area (Å²) in [4.78, 5) is 11.1. The molecule has 1 aliphatic rings. The van der Waals surface area contributed by atoms with Crippen LogP contribution < -0.4 is 5.73 Å². The fraction of sp³-hybridized carbons (Fsp3) is 0.900. The fourth-order valence-electron chi connectivity index (χ4n) is 1.87. The van der Waals surface area contributed by atoms with E-state index in [2.05, 4.69) is 0 Å². The molecule has 1 fully saturated rings. The Hall–Kier alpha value is -0.770. The molecule has 0 aromatic carbocycles. The average molecular weight is 201 g/mol. The molecule has 1 aliphatic carbocycles. The molecule has 0 aliphatic heterocycles. The summed E-state index contributed by atoms with van der Waals surface area (Å²) in [5.41, 5.74) is 5.61. The van der Waals surface area contributed by atoms with E-state index >= 15 is 0 Å². The van der Waals surface area contributed by atoms with Crippen molar-refractivity contribution >= 4 is 6.16 Å². The van der Waals surface area contributed by atoms with Crippen molar-refractivity contribution < 1.29 is 14.3 Å². The topological polar surface area (TPSA) is 61.5 Å². The highest BCUT2D eigenvalue weighted by atomic mass is 16.7. The molecule has 2 atom stereocenters. The Balaban J connectivity index is 2.36. The second-order valence-corrected chi connectivity index (χ2v) is 3.62. The summed E-state index contributed by atoms with van der Waals surface area (Å²) in [6.45, 7) is 2.71. The molecule has 0 heterocycles. The van der Waals surface area contributed by atoms with Gasteiger partial charge in [-0.05, 0) is 32.7 Å². The molecule has 0 bridgehead atoms. The zero-order chi connectivity index (χ0) is 10.4. The lowest BCUT2D eigenvalue weighted by Gasteiger charge is -2.29. The van der Waals surface area contributed by atoms with Crippen LogP contribution in [0.25, 0.3) is 0 Å². The number of hydrogen-bond donors (Lipinski definition) is 1. The van der Waals surface area contributed by atoms with Gasteiger partial charge in [-0.15, -0.1) is 0 Å². The quantitative estimate of drug-likeness (QED) is 0.706. The van der Waals surface area contributed by atoms with Gasteiger partial charge in [0.15, 0.2) is 0 Å². The van der Waals surface area contributed by atoms with Crippen molar-refractivity contribution in [3.05, 3.63) is 0 Å². The Morgan fingerprint density at radius 1 is 1.43 bits per heavy atom. The Bertz CT molecular complexity index is 184. The summed E-state index contributed by atoms with van der Waals surface area (Å²) < 4.78 is 9.93. The molecule has 0 amide bonds. The molecule has 82 valence electrons. The van der Waals surface area contributed by atoms with Crippen molar-refractivity contribution in [1.29, 1.82) is 0 Å². The minimum absolute atomic E-state index is 0.0344. The molecule has 1 rings (SSSR count). The van der Waals surface area contributed by atoms with E-state index in [1.54, 1.807) is 6.92 Å². The van der Waals surface area contributed by atoms with Gasteiger partial charge in [0.05, 0.1) is 6.61 Å². The number of ether oxygens (including phenoxy) is 2. The van der Waals surface area contributed by atoms with E-state index in [1.807, 2.05) is 0 Å². The number of carbonyl (C=O) groups is 1. The molecule has 14 heavy (non-hydrogen) atoms. The Morgan fingerprint density at radius 3 is 2.79 bits per heavy atom. The van der Waals surface area contributed by atoms with Gasteiger partial charge < -0.3 is 15.2 Å². The van der Waals surface area contributed by atoms with E-state index in [-0.39, 0.29) is 6.10 Å². The summed E-state index contributed by atoms with van der Waals surface area (Å²) in [6.07, 6.45) is 3.68. The molecule has 2 unspecified atom stereocenters. The molecular weight excluding hydrogens is 182 g/mol. The van der Waals surface area contributed by atoms with Gasteiger partial charge in [-0.1, -0.05) is 6.42 Å². The maximum absolute atomic E-state index is 11.1. The van der Waals surface area contributed by atoms with Crippen LogP contribution in [-0.2, 0) is 9.47 Å². The average Bonchev–Trinajstić information content (AvgIpc) is 2.19. The van der Waals surface area contributed by atoms with Crippen LogP contribution in [0.3, 0.4) is 0 Å². The standard InChI is InChI=1S/C10H19NO3/c1-2-13-10(12)14-9-6-4-3-5-8(9)7-11/h8-9H,2-7,11H2,1H3. The van der Waals surface area contributed by atoms with Gasteiger partial charge in [0, 0.05) is 5.92 Å². The zero-order valence-corrected chi connectivity index (χ0v) is 8.70. The molecule has 0 aromatic heterocycles. The smallest absolute Gasteiger partial charge is 0.435 e. The summed E-state index contributed by atoms with van der Waals surface area (Å²) in [6, 6.07) is 0. The Labute approximate surface area is 84.7 Å². The lowest BCUT2D eigenvalue weighted by atomic mass is 9.86. The maximum Gasteiger partial charge on any atom is 0.508 e. The van der Waals surface area contributed by atoms with Crippen LogP contribution in [0.2, 0.25) is 0 Å². The van der Waals surface area contributed by atoms with Crippen LogP contribution in [0.15, 0.2) is 0 Å². The molecule has 0 aromatic rings. The third kappa shape index (κ3) is 3.18. The van der Waals surface area contributed by atoms with Gasteiger partial charge >= 0.3 is 6.16 Å². The summed E-state index contributed by atoms with van der Waals surface area (Å²) in [7, 11) is 0. The lowest BCUT2D eigenvalue weighted by molar-refractivity contribution is -0.00832. The largest absolute Gasteiger partial charge is 0.508 e. The van der Waals surface area contributed by atoms with Crippen LogP contribution >= 0.6 is 0 Å². The van der Waals surface area contributed by atoms with E-state index in [0.717, 1.165) is 19.3 Å². The minimum atomic E-state index is -0.558. The first-order valence-electron chi connectivity index (χ1n) is 5.31. The van der Waals surface area contributed by atoms with E-state index in [0.29, 0.717) is 19.1 Å². The zero-order valence-electron chi connectivity index (χ0n) is 8.70. The van der Waals surface area contributed by atoms with Crippen molar-refractivity contribution in [2.45, 2.75) is 38.7 Å². The van der Waals surface area contributed by atoms with Gasteiger partial charge in [-0.3, -0.25) is 0 Å². The SMILES string of the molecule is CCOC(=O)OC1CCCCC1CN. The van der Waals surface area contributed by atoms with E-state index in [4.69, 9.17) is 15.2 Å². The van der Waals surface area contributed by atoms with Gasteiger partial charge in [-0.25, -0.2) is 4.79 Å². The first kappa shape index (κ1) is 11.3. The Kier molecular flexibility index (Phi) is 4.73. The second-order valence-electron chi connectivity index (χ2n) is 3.62. The second kappa shape index (κ2) is 5.86. The maximum atomic E-state index is 11.1. The Morgan fingerprint density at radius 2 is 2.14 bits per heavy atom. The van der Waals surface area contributed by atoms with Gasteiger partial charge in [0.25, 0.3) is 0 Å². The molecule has 0 radical (unpaired) electrons. The normalized spacial score (nSPS) is 27.0. The van der Waals surface area contributed by atoms with E-state index < -0.39 is 6.16 Å². The molecule has 0 spiro atoms. The van der Waals surface area contributed by atoms with Crippen molar-refractivity contribution in [2.75, 3.05) is 13.2 Å². The number of carbonyl (C=O) groups excluding carboxylic acids is 1. The molecule has 1 saturated carbocycles. The van der Waals surface area contributed by atoms with Crippen molar-refractivity contribution in [1.82, 2.24) is 0 Å². The summed E-state index contributed by atoms with van der Waals surface area (Å²) >= 11 is 0. The van der Waals surface area contributed by atoms with Gasteiger partial charge in [0.1, 0.15) is 6.10 Å². The van der Waals surface area contributed by atoms with Gasteiger partial charge in [-0.2, -0.15) is 0 Å². The third-order valence-electron chi connectivity index (χ3n) is 2.65. The molecule has 0 saturated heterocycles. The highest BCUT2D eigenvalue weighted by molar-refractivity contribution is 5.60. The van der Waals surface area contributed by atoms with Crippen LogP contribution in [0.4, 0.5) is 4.79 Å². The van der Waals surface area contributed by atoms with Crippen molar-refractivity contribution in [3.8, 4) is 0 Å². The van der Waals surface area contributed by atoms with Crippen LogP contribution in [0.5, 0.6) is 0 Å². The van der Waals surface area contributed by atoms with Crippen LogP contribution in [0.1, 0.15) is 32.6 Å². The summed E-state index contributed by atoms with van der Waals surface area (Å²) in [5.74, 6) is 0.313. The minimum Gasteiger partial charge on any atom is -0.435 e. The van der Waals surface area contributed by atoms with Crippen LogP contribution in [0, 0.1) is 5.92 Å². The predicted octanol–water partition coefficient (Wildman–Crippen LogP) is 1.68. The number of hydrogen-bond acceptors (Lipinski definition) is 4. The number of rotatable bonds is 3. The molecule has 4 heteroatoms. The highest BCUT2D eigenvalue weighted by Crippen LogP contribution is 2.26. The molecular formula is C10H19NO3. The monoisotopic (exact) mass is 201 g/mol.